The monoisotopic (exact) mass is 159 g/mol. The normalized spacial score (nSPS) is 27.0. The molecule has 1 fully saturated rings. The van der Waals surface area contributed by atoms with E-state index in [1.807, 2.05) is 6.92 Å². The van der Waals surface area contributed by atoms with Crippen LogP contribution in [0.25, 0.3) is 0 Å². The fraction of sp³-hybridized carbons (Fsp3) is 0.857. The fourth-order valence-corrected chi connectivity index (χ4v) is 1.14. The molecule has 0 aromatic heterocycles. The summed E-state index contributed by atoms with van der Waals surface area (Å²) in [6.07, 6.45) is -0.840. The molecule has 4 heteroatoms. The first-order chi connectivity index (χ1) is 5.09. The maximum atomic E-state index is 10.9. The summed E-state index contributed by atoms with van der Waals surface area (Å²) in [5.74, 6) is 0. The van der Waals surface area contributed by atoms with Gasteiger partial charge in [-0.05, 0) is 13.8 Å². The van der Waals surface area contributed by atoms with Crippen LogP contribution in [0.15, 0.2) is 0 Å². The van der Waals surface area contributed by atoms with Crippen LogP contribution in [-0.2, 0) is 4.74 Å². The number of aliphatic hydroxyl groups excluding tert-OH is 1. The van der Waals surface area contributed by atoms with E-state index in [-0.39, 0.29) is 12.2 Å². The van der Waals surface area contributed by atoms with Crippen molar-refractivity contribution in [2.45, 2.75) is 26.1 Å². The first-order valence-electron chi connectivity index (χ1n) is 3.73. The predicted octanol–water partition coefficient (Wildman–Crippen LogP) is 0.208. The zero-order valence-corrected chi connectivity index (χ0v) is 6.78. The Labute approximate surface area is 65.8 Å². The van der Waals surface area contributed by atoms with Crippen molar-refractivity contribution in [2.75, 3.05) is 13.1 Å². The number of nitrogens with zero attached hydrogens (tertiary/aromatic N) is 1. The van der Waals surface area contributed by atoms with E-state index in [9.17, 15) is 4.79 Å². The first kappa shape index (κ1) is 8.33. The highest BCUT2D eigenvalue weighted by Gasteiger charge is 2.28. The van der Waals surface area contributed by atoms with E-state index in [0.717, 1.165) is 0 Å². The molecule has 1 rings (SSSR count). The Morgan fingerprint density at radius 3 is 2.91 bits per heavy atom. The summed E-state index contributed by atoms with van der Waals surface area (Å²) < 4.78 is 4.85. The lowest BCUT2D eigenvalue weighted by Gasteiger charge is -2.13. The van der Waals surface area contributed by atoms with Gasteiger partial charge >= 0.3 is 6.09 Å². The van der Waals surface area contributed by atoms with Crippen LogP contribution >= 0.6 is 0 Å². The van der Waals surface area contributed by atoms with Crippen LogP contribution in [0.4, 0.5) is 4.79 Å². The van der Waals surface area contributed by atoms with Crippen molar-refractivity contribution in [3.63, 3.8) is 0 Å². The molecule has 0 aliphatic carbocycles. The predicted molar refractivity (Wildman–Crippen MR) is 39.2 cm³/mol. The van der Waals surface area contributed by atoms with Crippen molar-refractivity contribution >= 4 is 6.09 Å². The van der Waals surface area contributed by atoms with Crippen LogP contribution in [0.1, 0.15) is 13.8 Å². The third kappa shape index (κ3) is 2.08. The molecule has 0 saturated carbocycles. The Balaban J connectivity index is 2.41. The molecule has 0 spiro atoms. The van der Waals surface area contributed by atoms with Gasteiger partial charge in [-0.3, -0.25) is 0 Å². The third-order valence-electron chi connectivity index (χ3n) is 1.52. The molecule has 1 aliphatic rings. The van der Waals surface area contributed by atoms with Gasteiger partial charge in [0.1, 0.15) is 6.10 Å². The second kappa shape index (κ2) is 3.09. The van der Waals surface area contributed by atoms with E-state index < -0.39 is 6.10 Å². The molecular formula is C7H13NO3. The lowest BCUT2D eigenvalue weighted by atomic mass is 10.3. The van der Waals surface area contributed by atoms with Crippen molar-refractivity contribution in [3.05, 3.63) is 0 Å². The van der Waals surface area contributed by atoms with E-state index in [1.165, 1.54) is 4.90 Å². The standard InChI is InChI=1S/C7H13NO3/c1-5(9)3-8-4-6(2)11-7(8)10/h5-6,9H,3-4H2,1-2H3/t5-,6-/m0/s1. The van der Waals surface area contributed by atoms with Crippen molar-refractivity contribution < 1.29 is 14.6 Å². The van der Waals surface area contributed by atoms with Crippen LogP contribution < -0.4 is 0 Å². The minimum absolute atomic E-state index is 0.0405. The maximum absolute atomic E-state index is 10.9. The number of hydrogen-bond donors (Lipinski definition) is 1. The molecule has 11 heavy (non-hydrogen) atoms. The molecule has 1 N–H and O–H groups in total. The molecule has 0 unspecified atom stereocenters. The van der Waals surface area contributed by atoms with Crippen LogP contribution in [0.2, 0.25) is 0 Å². The molecule has 0 aromatic rings. The van der Waals surface area contributed by atoms with Crippen molar-refractivity contribution in [1.29, 1.82) is 0 Å². The topological polar surface area (TPSA) is 49.8 Å². The van der Waals surface area contributed by atoms with Gasteiger partial charge < -0.3 is 14.7 Å². The number of ether oxygens (including phenoxy) is 1. The highest BCUT2D eigenvalue weighted by atomic mass is 16.6. The zero-order chi connectivity index (χ0) is 8.43. The van der Waals surface area contributed by atoms with Gasteiger partial charge in [-0.15, -0.1) is 0 Å². The lowest BCUT2D eigenvalue weighted by molar-refractivity contribution is 0.121. The molecular weight excluding hydrogens is 146 g/mol. The number of hydrogen-bond acceptors (Lipinski definition) is 3. The highest BCUT2D eigenvalue weighted by molar-refractivity contribution is 5.69. The fourth-order valence-electron chi connectivity index (χ4n) is 1.14. The Morgan fingerprint density at radius 2 is 2.55 bits per heavy atom. The van der Waals surface area contributed by atoms with Gasteiger partial charge in [0, 0.05) is 6.54 Å². The number of carbonyl (C=O) groups is 1. The van der Waals surface area contributed by atoms with Crippen LogP contribution in [0.5, 0.6) is 0 Å². The van der Waals surface area contributed by atoms with Crippen LogP contribution in [-0.4, -0.2) is 41.4 Å². The van der Waals surface area contributed by atoms with Crippen LogP contribution in [0.3, 0.4) is 0 Å². The molecule has 0 bridgehead atoms. The summed E-state index contributed by atoms with van der Waals surface area (Å²) in [7, 11) is 0. The average molecular weight is 159 g/mol. The lowest BCUT2D eigenvalue weighted by Crippen LogP contribution is -2.31. The number of β-amino-alcohol motifs (C(OH)–C–C–N with tert-alkyl or cyclic N) is 1. The highest BCUT2D eigenvalue weighted by Crippen LogP contribution is 2.10. The molecule has 0 radical (unpaired) electrons. The summed E-state index contributed by atoms with van der Waals surface area (Å²) in [4.78, 5) is 12.4. The molecule has 4 nitrogen and oxygen atoms in total. The Bertz CT molecular complexity index is 158. The number of rotatable bonds is 2. The Morgan fingerprint density at radius 1 is 1.91 bits per heavy atom. The van der Waals surface area contributed by atoms with Gasteiger partial charge in [-0.2, -0.15) is 0 Å². The van der Waals surface area contributed by atoms with E-state index in [2.05, 4.69) is 0 Å². The molecule has 2 atom stereocenters. The Kier molecular flexibility index (Phi) is 2.34. The third-order valence-corrected chi connectivity index (χ3v) is 1.52. The number of cyclic esters (lactones) is 1. The quantitative estimate of drug-likeness (QED) is 0.626. The zero-order valence-electron chi connectivity index (χ0n) is 6.78. The average Bonchev–Trinajstić information content (AvgIpc) is 2.09. The first-order valence-corrected chi connectivity index (χ1v) is 3.73. The summed E-state index contributed by atoms with van der Waals surface area (Å²) in [6, 6.07) is 0. The summed E-state index contributed by atoms with van der Waals surface area (Å²) >= 11 is 0. The number of carbonyl (C=O) groups excluding carboxylic acids is 1. The smallest absolute Gasteiger partial charge is 0.410 e. The van der Waals surface area contributed by atoms with Crippen molar-refractivity contribution in [1.82, 2.24) is 4.90 Å². The van der Waals surface area contributed by atoms with Crippen LogP contribution in [0, 0.1) is 0 Å². The summed E-state index contributed by atoms with van der Waals surface area (Å²) in [5.41, 5.74) is 0. The van der Waals surface area contributed by atoms with Gasteiger partial charge in [0.25, 0.3) is 0 Å². The van der Waals surface area contributed by atoms with Gasteiger partial charge in [0.15, 0.2) is 0 Å². The number of amides is 1. The maximum Gasteiger partial charge on any atom is 0.410 e. The molecule has 64 valence electrons. The number of aliphatic hydroxyl groups is 1. The van der Waals surface area contributed by atoms with E-state index >= 15 is 0 Å². The van der Waals surface area contributed by atoms with Crippen molar-refractivity contribution in [2.24, 2.45) is 0 Å². The molecule has 0 aromatic carbocycles. The van der Waals surface area contributed by atoms with E-state index in [0.29, 0.717) is 13.1 Å². The van der Waals surface area contributed by atoms with Gasteiger partial charge in [-0.25, -0.2) is 4.79 Å². The minimum atomic E-state index is -0.479. The second-order valence-electron chi connectivity index (χ2n) is 2.95. The SMILES string of the molecule is C[C@H](O)CN1C[C@H](C)OC1=O. The van der Waals surface area contributed by atoms with Gasteiger partial charge in [-0.1, -0.05) is 0 Å². The Hall–Kier alpha value is -0.770. The van der Waals surface area contributed by atoms with Gasteiger partial charge in [0.2, 0.25) is 0 Å². The molecule has 1 heterocycles. The largest absolute Gasteiger partial charge is 0.445 e. The molecule has 1 amide bonds. The summed E-state index contributed by atoms with van der Waals surface area (Å²) in [6.45, 7) is 4.43. The molecule has 1 aliphatic heterocycles. The van der Waals surface area contributed by atoms with Crippen molar-refractivity contribution in [3.8, 4) is 0 Å². The minimum Gasteiger partial charge on any atom is -0.445 e. The van der Waals surface area contributed by atoms with Gasteiger partial charge in [0.05, 0.1) is 12.6 Å². The van der Waals surface area contributed by atoms with E-state index in [1.54, 1.807) is 6.92 Å². The summed E-state index contributed by atoms with van der Waals surface area (Å²) in [5, 5.41) is 8.97. The second-order valence-corrected chi connectivity index (χ2v) is 2.95. The van der Waals surface area contributed by atoms with E-state index in [4.69, 9.17) is 9.84 Å². The molecule has 1 saturated heterocycles.